The molecule has 3 nitrogen and oxygen atoms in total. The molecule has 0 aliphatic heterocycles. The minimum atomic E-state index is 0.918. The van der Waals surface area contributed by atoms with Crippen LogP contribution in [0.25, 0.3) is 0 Å². The monoisotopic (exact) mass is 247 g/mol. The molecule has 1 aromatic rings. The van der Waals surface area contributed by atoms with Crippen LogP contribution >= 0.6 is 0 Å². The van der Waals surface area contributed by atoms with Gasteiger partial charge in [-0.15, -0.1) is 0 Å². The first-order valence-corrected chi connectivity index (χ1v) is 7.16. The van der Waals surface area contributed by atoms with Crippen molar-refractivity contribution < 1.29 is 0 Å². The van der Waals surface area contributed by atoms with Crippen LogP contribution in [0.1, 0.15) is 39.0 Å². The molecule has 0 spiro atoms. The van der Waals surface area contributed by atoms with Gasteiger partial charge in [-0.1, -0.05) is 38.7 Å². The first-order chi connectivity index (χ1) is 8.78. The molecule has 1 saturated carbocycles. The van der Waals surface area contributed by atoms with Crippen molar-refractivity contribution in [2.75, 3.05) is 24.2 Å². The Balaban J connectivity index is 1.71. The molecule has 1 heterocycles. The zero-order valence-corrected chi connectivity index (χ0v) is 11.6. The molecular weight excluding hydrogens is 222 g/mol. The van der Waals surface area contributed by atoms with E-state index in [1.54, 1.807) is 0 Å². The van der Waals surface area contributed by atoms with Crippen LogP contribution in [0.2, 0.25) is 0 Å². The van der Waals surface area contributed by atoms with Gasteiger partial charge < -0.3 is 10.6 Å². The van der Waals surface area contributed by atoms with E-state index >= 15 is 0 Å². The standard InChI is InChI=1S/C15H25N3/c1-12-6-8-13(9-7-12)10-11-17-15-5-3-4-14(16-2)18-15/h3-5,12-13H,6-11H2,1-2H3,(H2,16,17,18). The van der Waals surface area contributed by atoms with E-state index in [1.807, 2.05) is 25.2 Å². The van der Waals surface area contributed by atoms with Gasteiger partial charge in [0.1, 0.15) is 11.6 Å². The fourth-order valence-electron chi connectivity index (χ4n) is 2.69. The Labute approximate surface area is 110 Å². The van der Waals surface area contributed by atoms with Crippen molar-refractivity contribution in [2.45, 2.75) is 39.0 Å². The van der Waals surface area contributed by atoms with Crippen LogP contribution in [0, 0.1) is 11.8 Å². The van der Waals surface area contributed by atoms with Gasteiger partial charge in [0.15, 0.2) is 0 Å². The molecule has 0 radical (unpaired) electrons. The van der Waals surface area contributed by atoms with E-state index < -0.39 is 0 Å². The number of nitrogens with zero attached hydrogens (tertiary/aromatic N) is 1. The Morgan fingerprint density at radius 1 is 1.17 bits per heavy atom. The Morgan fingerprint density at radius 2 is 1.89 bits per heavy atom. The van der Waals surface area contributed by atoms with Crippen molar-refractivity contribution >= 4 is 11.6 Å². The highest BCUT2D eigenvalue weighted by molar-refractivity contribution is 5.44. The van der Waals surface area contributed by atoms with Crippen LogP contribution in [-0.4, -0.2) is 18.6 Å². The molecule has 3 heteroatoms. The molecule has 1 fully saturated rings. The normalized spacial score (nSPS) is 23.7. The predicted octanol–water partition coefficient (Wildman–Crippen LogP) is 3.75. The molecule has 0 bridgehead atoms. The summed E-state index contributed by atoms with van der Waals surface area (Å²) < 4.78 is 0. The van der Waals surface area contributed by atoms with E-state index in [2.05, 4.69) is 22.5 Å². The summed E-state index contributed by atoms with van der Waals surface area (Å²) in [6.07, 6.45) is 6.92. The van der Waals surface area contributed by atoms with E-state index in [1.165, 1.54) is 32.1 Å². The number of nitrogens with one attached hydrogen (secondary N) is 2. The lowest BCUT2D eigenvalue weighted by Gasteiger charge is -2.26. The molecular formula is C15H25N3. The van der Waals surface area contributed by atoms with Crippen LogP contribution < -0.4 is 10.6 Å². The van der Waals surface area contributed by atoms with Gasteiger partial charge in [0, 0.05) is 13.6 Å². The highest BCUT2D eigenvalue weighted by Crippen LogP contribution is 2.30. The molecule has 0 aromatic carbocycles. The van der Waals surface area contributed by atoms with Gasteiger partial charge in [0.05, 0.1) is 0 Å². The largest absolute Gasteiger partial charge is 0.373 e. The summed E-state index contributed by atoms with van der Waals surface area (Å²) in [5, 5.41) is 6.49. The van der Waals surface area contributed by atoms with Gasteiger partial charge in [-0.2, -0.15) is 0 Å². The highest BCUT2D eigenvalue weighted by Gasteiger charge is 2.17. The Kier molecular flexibility index (Phi) is 4.85. The summed E-state index contributed by atoms with van der Waals surface area (Å²) in [4.78, 5) is 4.46. The van der Waals surface area contributed by atoms with Crippen molar-refractivity contribution in [3.63, 3.8) is 0 Å². The van der Waals surface area contributed by atoms with Crippen molar-refractivity contribution in [3.8, 4) is 0 Å². The number of pyridine rings is 1. The van der Waals surface area contributed by atoms with Gasteiger partial charge >= 0.3 is 0 Å². The minimum Gasteiger partial charge on any atom is -0.373 e. The second-order valence-electron chi connectivity index (χ2n) is 5.50. The Hall–Kier alpha value is -1.25. The Morgan fingerprint density at radius 3 is 2.61 bits per heavy atom. The molecule has 2 rings (SSSR count). The lowest BCUT2D eigenvalue weighted by atomic mass is 9.81. The fourth-order valence-corrected chi connectivity index (χ4v) is 2.69. The maximum atomic E-state index is 4.46. The molecule has 1 aliphatic rings. The SMILES string of the molecule is CNc1cccc(NCCC2CCC(C)CC2)n1. The number of aromatic nitrogens is 1. The molecule has 2 N–H and O–H groups in total. The summed E-state index contributed by atoms with van der Waals surface area (Å²) in [7, 11) is 1.90. The van der Waals surface area contributed by atoms with Gasteiger partial charge in [-0.25, -0.2) is 4.98 Å². The van der Waals surface area contributed by atoms with Gasteiger partial charge in [0.25, 0.3) is 0 Å². The number of hydrogen-bond donors (Lipinski definition) is 2. The summed E-state index contributed by atoms with van der Waals surface area (Å²) in [6.45, 7) is 3.42. The van der Waals surface area contributed by atoms with Crippen LogP contribution in [0.15, 0.2) is 18.2 Å². The van der Waals surface area contributed by atoms with Crippen molar-refractivity contribution in [2.24, 2.45) is 11.8 Å². The first kappa shape index (κ1) is 13.2. The quantitative estimate of drug-likeness (QED) is 0.832. The zero-order valence-electron chi connectivity index (χ0n) is 11.6. The maximum Gasteiger partial charge on any atom is 0.128 e. The molecule has 0 amide bonds. The molecule has 1 aliphatic carbocycles. The van der Waals surface area contributed by atoms with Crippen molar-refractivity contribution in [1.82, 2.24) is 4.98 Å². The van der Waals surface area contributed by atoms with Gasteiger partial charge in [-0.3, -0.25) is 0 Å². The maximum absolute atomic E-state index is 4.46. The molecule has 0 saturated heterocycles. The lowest BCUT2D eigenvalue weighted by molar-refractivity contribution is 0.282. The molecule has 0 atom stereocenters. The second kappa shape index (κ2) is 6.62. The average Bonchev–Trinajstić information content (AvgIpc) is 2.41. The van der Waals surface area contributed by atoms with Crippen molar-refractivity contribution in [3.05, 3.63) is 18.2 Å². The summed E-state index contributed by atoms with van der Waals surface area (Å²) in [5.41, 5.74) is 0. The third kappa shape index (κ3) is 3.90. The smallest absolute Gasteiger partial charge is 0.128 e. The van der Waals surface area contributed by atoms with Gasteiger partial charge in [0.2, 0.25) is 0 Å². The van der Waals surface area contributed by atoms with E-state index in [-0.39, 0.29) is 0 Å². The van der Waals surface area contributed by atoms with E-state index in [4.69, 9.17) is 0 Å². The molecule has 0 unspecified atom stereocenters. The minimum absolute atomic E-state index is 0.918. The molecule has 100 valence electrons. The third-order valence-corrected chi connectivity index (χ3v) is 4.00. The summed E-state index contributed by atoms with van der Waals surface area (Å²) >= 11 is 0. The summed E-state index contributed by atoms with van der Waals surface area (Å²) in [5.74, 6) is 3.77. The van der Waals surface area contributed by atoms with Crippen LogP contribution in [-0.2, 0) is 0 Å². The third-order valence-electron chi connectivity index (χ3n) is 4.00. The van der Waals surface area contributed by atoms with Crippen LogP contribution in [0.3, 0.4) is 0 Å². The molecule has 18 heavy (non-hydrogen) atoms. The lowest BCUT2D eigenvalue weighted by Crippen LogP contribution is -2.16. The average molecular weight is 247 g/mol. The van der Waals surface area contributed by atoms with Gasteiger partial charge in [-0.05, 0) is 30.4 Å². The number of anilines is 2. The number of hydrogen-bond acceptors (Lipinski definition) is 3. The number of rotatable bonds is 5. The van der Waals surface area contributed by atoms with Crippen LogP contribution in [0.4, 0.5) is 11.6 Å². The highest BCUT2D eigenvalue weighted by atomic mass is 15.0. The fraction of sp³-hybridized carbons (Fsp3) is 0.667. The first-order valence-electron chi connectivity index (χ1n) is 7.16. The van der Waals surface area contributed by atoms with E-state index in [9.17, 15) is 0 Å². The van der Waals surface area contributed by atoms with Crippen molar-refractivity contribution in [1.29, 1.82) is 0 Å². The van der Waals surface area contributed by atoms with E-state index in [0.717, 1.165) is 30.0 Å². The molecule has 1 aromatic heterocycles. The predicted molar refractivity (Wildman–Crippen MR) is 78.0 cm³/mol. The summed E-state index contributed by atoms with van der Waals surface area (Å²) in [6, 6.07) is 6.04. The van der Waals surface area contributed by atoms with E-state index in [0.29, 0.717) is 0 Å². The zero-order chi connectivity index (χ0) is 12.8. The topological polar surface area (TPSA) is 37.0 Å². The Bertz CT molecular complexity index is 357. The second-order valence-corrected chi connectivity index (χ2v) is 5.50. The van der Waals surface area contributed by atoms with Crippen LogP contribution in [0.5, 0.6) is 0 Å².